The van der Waals surface area contributed by atoms with Crippen molar-refractivity contribution in [2.45, 2.75) is 31.4 Å². The smallest absolute Gasteiger partial charge is 0.338 e. The quantitative estimate of drug-likeness (QED) is 0.639. The Morgan fingerprint density at radius 2 is 1.73 bits per heavy atom. The van der Waals surface area contributed by atoms with Crippen LogP contribution in [0, 0.1) is 6.92 Å². The van der Waals surface area contributed by atoms with E-state index in [1.54, 1.807) is 0 Å². The van der Waals surface area contributed by atoms with Crippen molar-refractivity contribution in [3.63, 3.8) is 0 Å². The molecule has 1 N–H and O–H groups in total. The van der Waals surface area contributed by atoms with Crippen LogP contribution in [0.4, 0.5) is 0 Å². The zero-order valence-electron chi connectivity index (χ0n) is 17.6. The fraction of sp³-hybridized carbons (Fsp3) is 0.333. The number of rotatable bonds is 8. The van der Waals surface area contributed by atoms with Gasteiger partial charge in [0.25, 0.3) is 5.91 Å². The van der Waals surface area contributed by atoms with Gasteiger partial charge in [-0.05, 0) is 37.6 Å². The Morgan fingerprint density at radius 3 is 2.30 bits per heavy atom. The Labute approximate surface area is 176 Å². The van der Waals surface area contributed by atoms with E-state index < -0.39 is 28.0 Å². The fourth-order valence-electron chi connectivity index (χ4n) is 2.52. The normalized spacial score (nSPS) is 12.3. The molecule has 0 saturated carbocycles. The van der Waals surface area contributed by atoms with Gasteiger partial charge in [-0.1, -0.05) is 29.8 Å². The molecule has 0 bridgehead atoms. The number of ether oxygens (including phenoxy) is 2. The highest BCUT2D eigenvalue weighted by molar-refractivity contribution is 7.89. The first-order valence-electron chi connectivity index (χ1n) is 9.21. The largest absolute Gasteiger partial charge is 0.495 e. The number of carbonyl (C=O) groups is 2. The summed E-state index contributed by atoms with van der Waals surface area (Å²) >= 11 is 0. The summed E-state index contributed by atoms with van der Waals surface area (Å²) in [6.07, 6.45) is -1.06. The van der Waals surface area contributed by atoms with Crippen molar-refractivity contribution in [2.75, 3.05) is 21.2 Å². The summed E-state index contributed by atoms with van der Waals surface area (Å²) in [4.78, 5) is 24.6. The predicted molar refractivity (Wildman–Crippen MR) is 112 cm³/mol. The topological polar surface area (TPSA) is 102 Å². The number of hydrogen-bond acceptors (Lipinski definition) is 6. The molecule has 0 fully saturated rings. The van der Waals surface area contributed by atoms with E-state index >= 15 is 0 Å². The van der Waals surface area contributed by atoms with Gasteiger partial charge in [0.1, 0.15) is 10.6 Å². The number of methoxy groups -OCH3 is 1. The Bertz CT molecular complexity index is 1020. The summed E-state index contributed by atoms with van der Waals surface area (Å²) in [6.45, 7) is 3.72. The lowest BCUT2D eigenvalue weighted by Gasteiger charge is -2.16. The van der Waals surface area contributed by atoms with Crippen LogP contribution in [0.25, 0.3) is 0 Å². The number of esters is 1. The molecule has 0 saturated heterocycles. The molecule has 30 heavy (non-hydrogen) atoms. The van der Waals surface area contributed by atoms with Gasteiger partial charge in [0.15, 0.2) is 6.10 Å². The number of hydrogen-bond donors (Lipinski definition) is 1. The van der Waals surface area contributed by atoms with Crippen LogP contribution < -0.4 is 10.1 Å². The van der Waals surface area contributed by atoms with Crippen LogP contribution in [-0.2, 0) is 26.1 Å². The Balaban J connectivity index is 2.09. The van der Waals surface area contributed by atoms with Gasteiger partial charge < -0.3 is 14.8 Å². The van der Waals surface area contributed by atoms with E-state index in [-0.39, 0.29) is 16.2 Å². The van der Waals surface area contributed by atoms with Gasteiger partial charge in [0.2, 0.25) is 10.0 Å². The summed E-state index contributed by atoms with van der Waals surface area (Å²) < 4.78 is 36.3. The van der Waals surface area contributed by atoms with Gasteiger partial charge in [-0.25, -0.2) is 17.5 Å². The molecule has 2 rings (SSSR count). The molecule has 1 atom stereocenters. The average molecular weight is 435 g/mol. The SMILES string of the molecule is COc1ccc(C(=O)OC(C)C(=O)NCc2ccc(C)cc2)cc1S(=O)(=O)N(C)C. The Kier molecular flexibility index (Phi) is 7.58. The van der Waals surface area contributed by atoms with Crippen molar-refractivity contribution in [3.8, 4) is 5.75 Å². The minimum absolute atomic E-state index is 0.00518. The van der Waals surface area contributed by atoms with Crippen molar-refractivity contribution in [1.82, 2.24) is 9.62 Å². The van der Waals surface area contributed by atoms with E-state index in [1.165, 1.54) is 46.3 Å². The molecule has 0 aliphatic heterocycles. The maximum atomic E-state index is 12.5. The van der Waals surface area contributed by atoms with E-state index in [2.05, 4.69) is 5.32 Å². The lowest BCUT2D eigenvalue weighted by atomic mass is 10.1. The second-order valence-electron chi connectivity index (χ2n) is 6.90. The summed E-state index contributed by atoms with van der Waals surface area (Å²) in [5.41, 5.74) is 2.03. The van der Waals surface area contributed by atoms with Crippen molar-refractivity contribution < 1.29 is 27.5 Å². The van der Waals surface area contributed by atoms with Gasteiger partial charge >= 0.3 is 5.97 Å². The number of nitrogens with zero attached hydrogens (tertiary/aromatic N) is 1. The molecule has 1 unspecified atom stereocenters. The van der Waals surface area contributed by atoms with Crippen LogP contribution in [0.5, 0.6) is 5.75 Å². The number of nitrogens with one attached hydrogen (secondary N) is 1. The number of carbonyl (C=O) groups excluding carboxylic acids is 2. The van der Waals surface area contributed by atoms with Crippen LogP contribution in [0.15, 0.2) is 47.4 Å². The highest BCUT2D eigenvalue weighted by atomic mass is 32.2. The van der Waals surface area contributed by atoms with E-state index in [0.717, 1.165) is 15.4 Å². The first kappa shape index (κ1) is 23.4. The number of sulfonamides is 1. The van der Waals surface area contributed by atoms with Gasteiger partial charge in [0, 0.05) is 20.6 Å². The second kappa shape index (κ2) is 9.73. The Hall–Kier alpha value is -2.91. The van der Waals surface area contributed by atoms with Crippen molar-refractivity contribution in [1.29, 1.82) is 0 Å². The average Bonchev–Trinajstić information content (AvgIpc) is 2.72. The lowest BCUT2D eigenvalue weighted by Crippen LogP contribution is -2.35. The minimum atomic E-state index is -3.84. The van der Waals surface area contributed by atoms with Crippen LogP contribution in [0.1, 0.15) is 28.4 Å². The molecule has 0 aromatic heterocycles. The van der Waals surface area contributed by atoms with E-state index in [1.807, 2.05) is 31.2 Å². The van der Waals surface area contributed by atoms with Crippen molar-refractivity contribution >= 4 is 21.9 Å². The van der Waals surface area contributed by atoms with Crippen molar-refractivity contribution in [2.24, 2.45) is 0 Å². The summed E-state index contributed by atoms with van der Waals surface area (Å²) in [7, 11) is 0.245. The van der Waals surface area contributed by atoms with Gasteiger partial charge in [-0.2, -0.15) is 0 Å². The third-order valence-corrected chi connectivity index (χ3v) is 6.23. The molecule has 2 aromatic carbocycles. The third-order valence-electron chi connectivity index (χ3n) is 4.40. The monoisotopic (exact) mass is 434 g/mol. The standard InChI is InChI=1S/C21H26N2O6S/c1-14-6-8-16(9-7-14)13-22-20(24)15(2)29-21(25)17-10-11-18(28-5)19(12-17)30(26,27)23(3)4/h6-12,15H,13H2,1-5H3,(H,22,24). The van der Waals surface area contributed by atoms with E-state index in [0.29, 0.717) is 6.54 Å². The fourth-order valence-corrected chi connectivity index (χ4v) is 3.60. The van der Waals surface area contributed by atoms with Gasteiger partial charge in [-0.3, -0.25) is 4.79 Å². The number of amides is 1. The molecule has 0 heterocycles. The Morgan fingerprint density at radius 1 is 1.10 bits per heavy atom. The summed E-state index contributed by atoms with van der Waals surface area (Å²) in [6, 6.07) is 11.6. The molecule has 8 nitrogen and oxygen atoms in total. The summed E-state index contributed by atoms with van der Waals surface area (Å²) in [5, 5.41) is 2.71. The molecule has 0 aliphatic carbocycles. The molecule has 9 heteroatoms. The molecule has 0 aliphatic rings. The zero-order valence-corrected chi connectivity index (χ0v) is 18.4. The molecule has 1 amide bonds. The lowest BCUT2D eigenvalue weighted by molar-refractivity contribution is -0.129. The predicted octanol–water partition coefficient (Wildman–Crippen LogP) is 2.12. The first-order chi connectivity index (χ1) is 14.1. The molecule has 0 radical (unpaired) electrons. The molecular formula is C21H26N2O6S. The highest BCUT2D eigenvalue weighted by Gasteiger charge is 2.25. The molecule has 0 spiro atoms. The van der Waals surface area contributed by atoms with Crippen molar-refractivity contribution in [3.05, 3.63) is 59.2 Å². The van der Waals surface area contributed by atoms with Gasteiger partial charge in [-0.15, -0.1) is 0 Å². The molecule has 162 valence electrons. The van der Waals surface area contributed by atoms with Gasteiger partial charge in [0.05, 0.1) is 12.7 Å². The molecule has 2 aromatic rings. The molecular weight excluding hydrogens is 408 g/mol. The highest BCUT2D eigenvalue weighted by Crippen LogP contribution is 2.27. The van der Waals surface area contributed by atoms with Crippen LogP contribution in [-0.4, -0.2) is 51.9 Å². The third kappa shape index (κ3) is 5.58. The van der Waals surface area contributed by atoms with E-state index in [4.69, 9.17) is 9.47 Å². The minimum Gasteiger partial charge on any atom is -0.495 e. The van der Waals surface area contributed by atoms with Crippen LogP contribution in [0.3, 0.4) is 0 Å². The second-order valence-corrected chi connectivity index (χ2v) is 9.02. The van der Waals surface area contributed by atoms with Crippen LogP contribution >= 0.6 is 0 Å². The number of aryl methyl sites for hydroxylation is 1. The first-order valence-corrected chi connectivity index (χ1v) is 10.6. The van der Waals surface area contributed by atoms with Crippen LogP contribution in [0.2, 0.25) is 0 Å². The zero-order chi connectivity index (χ0) is 22.5. The maximum Gasteiger partial charge on any atom is 0.338 e. The maximum absolute atomic E-state index is 12.5. The number of benzene rings is 2. The van der Waals surface area contributed by atoms with E-state index in [9.17, 15) is 18.0 Å². The summed E-state index contributed by atoms with van der Waals surface area (Å²) in [5.74, 6) is -1.17.